The van der Waals surface area contributed by atoms with Crippen LogP contribution in [0.2, 0.25) is 0 Å². The molecule has 2 saturated heterocycles. The Bertz CT molecular complexity index is 364. The van der Waals surface area contributed by atoms with Gasteiger partial charge < -0.3 is 10.0 Å². The van der Waals surface area contributed by atoms with E-state index in [2.05, 4.69) is 29.5 Å². The number of thiophene rings is 1. The van der Waals surface area contributed by atoms with E-state index in [0.29, 0.717) is 24.5 Å². The summed E-state index contributed by atoms with van der Waals surface area (Å²) < 4.78 is 0. The second-order valence-electron chi connectivity index (χ2n) is 5.50. The second kappa shape index (κ2) is 4.71. The van der Waals surface area contributed by atoms with E-state index in [1.807, 2.05) is 11.3 Å². The predicted octanol–water partition coefficient (Wildman–Crippen LogP) is 2.70. The van der Waals surface area contributed by atoms with Gasteiger partial charge in [-0.05, 0) is 56.0 Å². The normalized spacial score (nSPS) is 37.5. The first-order valence-electron chi connectivity index (χ1n) is 6.67. The van der Waals surface area contributed by atoms with Crippen molar-refractivity contribution in [1.29, 1.82) is 0 Å². The summed E-state index contributed by atoms with van der Waals surface area (Å²) in [6.45, 7) is 0.335. The van der Waals surface area contributed by atoms with Gasteiger partial charge in [0.15, 0.2) is 0 Å². The fourth-order valence-electron chi connectivity index (χ4n) is 3.95. The number of fused-ring (bicyclic) bond motifs is 2. The molecule has 2 aliphatic heterocycles. The van der Waals surface area contributed by atoms with Crippen molar-refractivity contribution in [3.63, 3.8) is 0 Å². The molecule has 2 unspecified atom stereocenters. The van der Waals surface area contributed by atoms with E-state index < -0.39 is 0 Å². The van der Waals surface area contributed by atoms with Crippen LogP contribution in [0.4, 0.5) is 0 Å². The topological polar surface area (TPSA) is 23.5 Å². The minimum atomic E-state index is 0.335. The molecule has 0 amide bonds. The van der Waals surface area contributed by atoms with E-state index in [9.17, 15) is 5.11 Å². The monoisotopic (exact) mass is 251 g/mol. The fraction of sp³-hybridized carbons (Fsp3) is 0.714. The number of aliphatic hydroxyl groups is 1. The quantitative estimate of drug-likeness (QED) is 0.893. The zero-order chi connectivity index (χ0) is 11.8. The van der Waals surface area contributed by atoms with E-state index in [1.54, 1.807) is 0 Å². The highest BCUT2D eigenvalue weighted by Gasteiger charge is 2.45. The van der Waals surface area contributed by atoms with Crippen LogP contribution < -0.4 is 0 Å². The van der Waals surface area contributed by atoms with Gasteiger partial charge in [-0.25, -0.2) is 0 Å². The Balaban J connectivity index is 1.87. The Morgan fingerprint density at radius 1 is 1.47 bits per heavy atom. The smallest absolute Gasteiger partial charge is 0.0434 e. The van der Waals surface area contributed by atoms with Gasteiger partial charge in [-0.3, -0.25) is 0 Å². The molecule has 3 heterocycles. The van der Waals surface area contributed by atoms with Gasteiger partial charge in [-0.15, -0.1) is 11.3 Å². The summed E-state index contributed by atoms with van der Waals surface area (Å²) in [5.74, 6) is 1.35. The molecular formula is C14H21NOS. The van der Waals surface area contributed by atoms with Gasteiger partial charge in [0.05, 0.1) is 0 Å². The maximum absolute atomic E-state index is 9.33. The zero-order valence-corrected chi connectivity index (χ0v) is 11.2. The lowest BCUT2D eigenvalue weighted by Gasteiger charge is -2.42. The molecule has 2 bridgehead atoms. The van der Waals surface area contributed by atoms with Crippen LogP contribution in [-0.2, 0) is 0 Å². The first-order valence-corrected chi connectivity index (χ1v) is 7.55. The predicted molar refractivity (Wildman–Crippen MR) is 71.4 cm³/mol. The number of hydrogen-bond acceptors (Lipinski definition) is 3. The summed E-state index contributed by atoms with van der Waals surface area (Å²) in [6.07, 6.45) is 4.93. The van der Waals surface area contributed by atoms with Crippen LogP contribution in [-0.4, -0.2) is 35.7 Å². The zero-order valence-electron chi connectivity index (χ0n) is 10.4. The van der Waals surface area contributed by atoms with E-state index in [-0.39, 0.29) is 0 Å². The van der Waals surface area contributed by atoms with Crippen LogP contribution in [0.1, 0.15) is 36.5 Å². The molecule has 0 saturated carbocycles. The van der Waals surface area contributed by atoms with Crippen molar-refractivity contribution in [2.45, 2.75) is 43.7 Å². The van der Waals surface area contributed by atoms with Crippen LogP contribution in [0.25, 0.3) is 0 Å². The van der Waals surface area contributed by atoms with Crippen LogP contribution in [0, 0.1) is 5.92 Å². The molecule has 1 aromatic rings. The lowest BCUT2D eigenvalue weighted by atomic mass is 9.77. The highest BCUT2D eigenvalue weighted by molar-refractivity contribution is 7.10. The Labute approximate surface area is 107 Å². The van der Waals surface area contributed by atoms with Gasteiger partial charge in [0.25, 0.3) is 0 Å². The summed E-state index contributed by atoms with van der Waals surface area (Å²) in [4.78, 5) is 4.11. The highest BCUT2D eigenvalue weighted by atomic mass is 32.1. The van der Waals surface area contributed by atoms with Gasteiger partial charge in [-0.2, -0.15) is 0 Å². The van der Waals surface area contributed by atoms with Crippen LogP contribution >= 0.6 is 11.3 Å². The highest BCUT2D eigenvalue weighted by Crippen LogP contribution is 2.48. The van der Waals surface area contributed by atoms with Crippen molar-refractivity contribution >= 4 is 11.3 Å². The van der Waals surface area contributed by atoms with Crippen molar-refractivity contribution in [3.05, 3.63) is 22.4 Å². The van der Waals surface area contributed by atoms with Gasteiger partial charge in [0.2, 0.25) is 0 Å². The van der Waals surface area contributed by atoms with Crippen LogP contribution in [0.5, 0.6) is 0 Å². The summed E-state index contributed by atoms with van der Waals surface area (Å²) in [6, 6.07) is 5.93. The van der Waals surface area contributed by atoms with Gasteiger partial charge in [-0.1, -0.05) is 6.07 Å². The largest absolute Gasteiger partial charge is 0.396 e. The van der Waals surface area contributed by atoms with Crippen molar-refractivity contribution in [2.24, 2.45) is 5.92 Å². The molecular weight excluding hydrogens is 230 g/mol. The third-order valence-electron chi connectivity index (χ3n) is 4.80. The summed E-state index contributed by atoms with van der Waals surface area (Å²) in [7, 11) is 2.28. The summed E-state index contributed by atoms with van der Waals surface area (Å²) in [5.41, 5.74) is 0. The number of rotatable bonds is 3. The molecule has 94 valence electrons. The summed E-state index contributed by atoms with van der Waals surface area (Å²) in [5, 5.41) is 11.5. The van der Waals surface area contributed by atoms with Crippen molar-refractivity contribution in [3.8, 4) is 0 Å². The molecule has 0 radical (unpaired) electrons. The van der Waals surface area contributed by atoms with E-state index >= 15 is 0 Å². The Morgan fingerprint density at radius 2 is 2.35 bits per heavy atom. The Morgan fingerprint density at radius 3 is 3.06 bits per heavy atom. The lowest BCUT2D eigenvalue weighted by molar-refractivity contribution is 0.0827. The molecule has 2 aliphatic rings. The average Bonchev–Trinajstić information content (AvgIpc) is 2.91. The first-order chi connectivity index (χ1) is 8.31. The molecule has 3 rings (SSSR count). The molecule has 1 N–H and O–H groups in total. The SMILES string of the molecule is CN1C2CCC1[C@H](CCO)[C@@H](c1cccs1)C2. The number of piperidine rings is 1. The lowest BCUT2D eigenvalue weighted by Crippen LogP contribution is -2.45. The second-order valence-corrected chi connectivity index (χ2v) is 6.48. The Hall–Kier alpha value is -0.380. The molecule has 3 heteroatoms. The maximum atomic E-state index is 9.33. The standard InChI is InChI=1S/C14H21NOS/c1-15-10-4-5-13(15)11(6-7-16)12(9-10)14-3-2-8-17-14/h2-3,8,10-13,16H,4-7,9H2,1H3/t10?,11-,12+,13?/m1/s1. The maximum Gasteiger partial charge on any atom is 0.0434 e. The van der Waals surface area contributed by atoms with Crippen molar-refractivity contribution < 1.29 is 5.11 Å². The van der Waals surface area contributed by atoms with Crippen molar-refractivity contribution in [2.75, 3.05) is 13.7 Å². The third-order valence-corrected chi connectivity index (χ3v) is 5.81. The molecule has 17 heavy (non-hydrogen) atoms. The number of aliphatic hydroxyl groups excluding tert-OH is 1. The summed E-state index contributed by atoms with van der Waals surface area (Å²) >= 11 is 1.89. The molecule has 4 atom stereocenters. The van der Waals surface area contributed by atoms with Gasteiger partial charge in [0.1, 0.15) is 0 Å². The average molecular weight is 251 g/mol. The van der Waals surface area contributed by atoms with E-state index in [0.717, 1.165) is 12.5 Å². The minimum Gasteiger partial charge on any atom is -0.396 e. The number of hydrogen-bond donors (Lipinski definition) is 1. The molecule has 0 spiro atoms. The first kappa shape index (κ1) is 11.7. The molecule has 0 aliphatic carbocycles. The van der Waals surface area contributed by atoms with Gasteiger partial charge >= 0.3 is 0 Å². The van der Waals surface area contributed by atoms with E-state index in [4.69, 9.17) is 0 Å². The third kappa shape index (κ3) is 1.94. The Kier molecular flexibility index (Phi) is 3.24. The molecule has 0 aromatic carbocycles. The van der Waals surface area contributed by atoms with Crippen LogP contribution in [0.3, 0.4) is 0 Å². The van der Waals surface area contributed by atoms with Gasteiger partial charge in [0, 0.05) is 23.6 Å². The molecule has 1 aromatic heterocycles. The molecule has 2 fully saturated rings. The number of nitrogens with zero attached hydrogens (tertiary/aromatic N) is 1. The van der Waals surface area contributed by atoms with Crippen molar-refractivity contribution in [1.82, 2.24) is 4.90 Å². The molecule has 2 nitrogen and oxygen atoms in total. The van der Waals surface area contributed by atoms with E-state index in [1.165, 1.54) is 24.1 Å². The van der Waals surface area contributed by atoms with Crippen LogP contribution in [0.15, 0.2) is 17.5 Å². The fourth-order valence-corrected chi connectivity index (χ4v) is 4.87. The minimum absolute atomic E-state index is 0.335.